The van der Waals surface area contributed by atoms with Crippen molar-refractivity contribution < 1.29 is 4.79 Å². The summed E-state index contributed by atoms with van der Waals surface area (Å²) in [5.74, 6) is 1.65. The minimum atomic E-state index is 0.332. The third kappa shape index (κ3) is 11.0. The van der Waals surface area contributed by atoms with Gasteiger partial charge in [-0.3, -0.25) is 4.79 Å². The number of carbonyl (C=O) groups is 1. The fourth-order valence-corrected chi connectivity index (χ4v) is 1.94. The topological polar surface area (TPSA) is 46.3 Å². The lowest BCUT2D eigenvalue weighted by atomic mass is 10.1. The number of carbonyl (C=O) groups excluding carboxylic acids is 1. The standard InChI is InChI=1S/C16H34N2O/c1-14(2)9-12-18(13-10-15(3)4)16(19)8-6-5-7-11-17/h14-15H,5-13,17H2,1-4H3. The summed E-state index contributed by atoms with van der Waals surface area (Å²) in [5, 5.41) is 0. The third-order valence-electron chi connectivity index (χ3n) is 3.40. The van der Waals surface area contributed by atoms with E-state index in [-0.39, 0.29) is 0 Å². The Morgan fingerprint density at radius 3 is 1.89 bits per heavy atom. The Morgan fingerprint density at radius 2 is 1.47 bits per heavy atom. The van der Waals surface area contributed by atoms with Gasteiger partial charge in [-0.1, -0.05) is 34.1 Å². The molecule has 19 heavy (non-hydrogen) atoms. The molecule has 1 amide bonds. The predicted octanol–water partition coefficient (Wildman–Crippen LogP) is 3.43. The molecule has 0 rings (SSSR count). The first-order valence-corrected chi connectivity index (χ1v) is 7.95. The van der Waals surface area contributed by atoms with Crippen LogP contribution < -0.4 is 5.73 Å². The molecule has 3 heteroatoms. The van der Waals surface area contributed by atoms with Gasteiger partial charge in [-0.25, -0.2) is 0 Å². The maximum Gasteiger partial charge on any atom is 0.222 e. The fourth-order valence-electron chi connectivity index (χ4n) is 1.94. The van der Waals surface area contributed by atoms with E-state index in [1.54, 1.807) is 0 Å². The summed E-state index contributed by atoms with van der Waals surface area (Å²) in [6.45, 7) is 11.4. The molecule has 0 heterocycles. The van der Waals surface area contributed by atoms with Gasteiger partial charge in [-0.15, -0.1) is 0 Å². The SMILES string of the molecule is CC(C)CCN(CCC(C)C)C(=O)CCCCCN. The fraction of sp³-hybridized carbons (Fsp3) is 0.938. The zero-order valence-corrected chi connectivity index (χ0v) is 13.5. The van der Waals surface area contributed by atoms with Gasteiger partial charge in [0.15, 0.2) is 0 Å². The molecular formula is C16H34N2O. The number of nitrogens with two attached hydrogens (primary N) is 1. The highest BCUT2D eigenvalue weighted by atomic mass is 16.2. The van der Waals surface area contributed by atoms with Crippen molar-refractivity contribution in [3.8, 4) is 0 Å². The van der Waals surface area contributed by atoms with E-state index in [2.05, 4.69) is 32.6 Å². The number of unbranched alkanes of at least 4 members (excludes halogenated alkanes) is 2. The van der Waals surface area contributed by atoms with Crippen molar-refractivity contribution in [2.24, 2.45) is 17.6 Å². The summed E-state index contributed by atoms with van der Waals surface area (Å²) >= 11 is 0. The smallest absolute Gasteiger partial charge is 0.222 e. The molecule has 0 aromatic rings. The molecule has 0 unspecified atom stereocenters. The molecule has 0 atom stereocenters. The van der Waals surface area contributed by atoms with Crippen molar-refractivity contribution in [3.05, 3.63) is 0 Å². The Labute approximate surface area is 119 Å². The van der Waals surface area contributed by atoms with Crippen LogP contribution in [0.25, 0.3) is 0 Å². The van der Waals surface area contributed by atoms with Crippen LogP contribution in [0.5, 0.6) is 0 Å². The molecule has 0 aromatic carbocycles. The Bertz CT molecular complexity index is 215. The van der Waals surface area contributed by atoms with Gasteiger partial charge < -0.3 is 10.6 Å². The summed E-state index contributed by atoms with van der Waals surface area (Å²) in [4.78, 5) is 14.3. The Kier molecular flexibility index (Phi) is 10.9. The Morgan fingerprint density at radius 1 is 0.947 bits per heavy atom. The van der Waals surface area contributed by atoms with Crippen molar-refractivity contribution >= 4 is 5.91 Å². The zero-order valence-electron chi connectivity index (χ0n) is 13.5. The van der Waals surface area contributed by atoms with Crippen LogP contribution >= 0.6 is 0 Å². The molecule has 0 fully saturated rings. The van der Waals surface area contributed by atoms with Crippen LogP contribution in [0.2, 0.25) is 0 Å². The predicted molar refractivity (Wildman–Crippen MR) is 83.0 cm³/mol. The van der Waals surface area contributed by atoms with Crippen molar-refractivity contribution in [1.82, 2.24) is 4.90 Å². The van der Waals surface area contributed by atoms with Gasteiger partial charge in [0.1, 0.15) is 0 Å². The van der Waals surface area contributed by atoms with Crippen LogP contribution in [0, 0.1) is 11.8 Å². The van der Waals surface area contributed by atoms with Gasteiger partial charge in [0, 0.05) is 19.5 Å². The minimum absolute atomic E-state index is 0.332. The van der Waals surface area contributed by atoms with Crippen molar-refractivity contribution in [2.45, 2.75) is 66.2 Å². The van der Waals surface area contributed by atoms with Gasteiger partial charge in [0.2, 0.25) is 5.91 Å². The first-order valence-electron chi connectivity index (χ1n) is 7.95. The number of nitrogens with zero attached hydrogens (tertiary/aromatic N) is 1. The maximum atomic E-state index is 12.2. The molecule has 0 aliphatic heterocycles. The summed E-state index contributed by atoms with van der Waals surface area (Å²) in [6.07, 6.45) is 5.99. The van der Waals surface area contributed by atoms with Crippen molar-refractivity contribution in [3.63, 3.8) is 0 Å². The second-order valence-corrected chi connectivity index (χ2v) is 6.35. The van der Waals surface area contributed by atoms with E-state index in [1.165, 1.54) is 0 Å². The Balaban J connectivity index is 4.08. The third-order valence-corrected chi connectivity index (χ3v) is 3.40. The summed E-state index contributed by atoms with van der Waals surface area (Å²) < 4.78 is 0. The highest BCUT2D eigenvalue weighted by Crippen LogP contribution is 2.10. The molecule has 0 radical (unpaired) electrons. The van der Waals surface area contributed by atoms with Crippen LogP contribution in [-0.4, -0.2) is 30.4 Å². The molecule has 0 aliphatic carbocycles. The normalized spacial score (nSPS) is 11.3. The van der Waals surface area contributed by atoms with E-state index in [1.807, 2.05) is 0 Å². The molecule has 114 valence electrons. The Hall–Kier alpha value is -0.570. The quantitative estimate of drug-likeness (QED) is 0.585. The van der Waals surface area contributed by atoms with E-state index in [4.69, 9.17) is 5.73 Å². The molecule has 0 spiro atoms. The van der Waals surface area contributed by atoms with Gasteiger partial charge in [-0.05, 0) is 44.1 Å². The first-order chi connectivity index (χ1) is 8.97. The molecular weight excluding hydrogens is 236 g/mol. The summed E-state index contributed by atoms with van der Waals surface area (Å²) in [7, 11) is 0. The second kappa shape index (κ2) is 11.3. The van der Waals surface area contributed by atoms with E-state index >= 15 is 0 Å². The van der Waals surface area contributed by atoms with Crippen molar-refractivity contribution in [2.75, 3.05) is 19.6 Å². The number of amides is 1. The first kappa shape index (κ1) is 18.4. The van der Waals surface area contributed by atoms with Crippen LogP contribution in [0.1, 0.15) is 66.2 Å². The average molecular weight is 270 g/mol. The lowest BCUT2D eigenvalue weighted by Gasteiger charge is -2.24. The van der Waals surface area contributed by atoms with E-state index < -0.39 is 0 Å². The summed E-state index contributed by atoms with van der Waals surface area (Å²) in [6, 6.07) is 0. The average Bonchev–Trinajstić information content (AvgIpc) is 2.33. The highest BCUT2D eigenvalue weighted by molar-refractivity contribution is 5.76. The zero-order chi connectivity index (χ0) is 14.7. The summed E-state index contributed by atoms with van der Waals surface area (Å²) in [5.41, 5.74) is 5.47. The lowest BCUT2D eigenvalue weighted by molar-refractivity contribution is -0.131. The van der Waals surface area contributed by atoms with Gasteiger partial charge >= 0.3 is 0 Å². The van der Waals surface area contributed by atoms with Crippen LogP contribution in [-0.2, 0) is 4.79 Å². The second-order valence-electron chi connectivity index (χ2n) is 6.35. The molecule has 0 aromatic heterocycles. The van der Waals surface area contributed by atoms with E-state index in [0.717, 1.165) is 51.7 Å². The molecule has 0 saturated heterocycles. The van der Waals surface area contributed by atoms with Gasteiger partial charge in [0.25, 0.3) is 0 Å². The molecule has 0 saturated carbocycles. The van der Waals surface area contributed by atoms with E-state index in [0.29, 0.717) is 24.2 Å². The van der Waals surface area contributed by atoms with Gasteiger partial charge in [-0.2, -0.15) is 0 Å². The number of rotatable bonds is 11. The number of hydrogen-bond acceptors (Lipinski definition) is 2. The van der Waals surface area contributed by atoms with Gasteiger partial charge in [0.05, 0.1) is 0 Å². The molecule has 2 N–H and O–H groups in total. The van der Waals surface area contributed by atoms with Crippen LogP contribution in [0.3, 0.4) is 0 Å². The van der Waals surface area contributed by atoms with Crippen LogP contribution in [0.15, 0.2) is 0 Å². The minimum Gasteiger partial charge on any atom is -0.343 e. The van der Waals surface area contributed by atoms with Crippen molar-refractivity contribution in [1.29, 1.82) is 0 Å². The monoisotopic (exact) mass is 270 g/mol. The molecule has 0 aliphatic rings. The molecule has 0 bridgehead atoms. The van der Waals surface area contributed by atoms with E-state index in [9.17, 15) is 4.79 Å². The largest absolute Gasteiger partial charge is 0.343 e. The van der Waals surface area contributed by atoms with Crippen LogP contribution in [0.4, 0.5) is 0 Å². The maximum absolute atomic E-state index is 12.2. The lowest BCUT2D eigenvalue weighted by Crippen LogP contribution is -2.34. The highest BCUT2D eigenvalue weighted by Gasteiger charge is 2.13. The number of hydrogen-bond donors (Lipinski definition) is 1. The molecule has 3 nitrogen and oxygen atoms in total.